The fraction of sp³-hybridized carbons (Fsp3) is 0.600. The number of allylic oxidation sites excluding steroid dienone is 2. The molecular formula is C5H10O3Si. The second-order valence-corrected chi connectivity index (χ2v) is 4.17. The third-order valence-corrected chi connectivity index (χ3v) is 2.79. The van der Waals surface area contributed by atoms with Crippen molar-refractivity contribution in [1.82, 2.24) is 0 Å². The topological polar surface area (TPSA) is 60.7 Å². The minimum atomic E-state index is -3.86. The fourth-order valence-electron chi connectivity index (χ4n) is 0.976. The molecule has 1 rings (SSSR count). The van der Waals surface area contributed by atoms with Gasteiger partial charge in [0.15, 0.2) is 0 Å². The predicted molar refractivity (Wildman–Crippen MR) is 34.3 cm³/mol. The first-order valence-electron chi connectivity index (χ1n) is 2.97. The van der Waals surface area contributed by atoms with Crippen LogP contribution in [0.5, 0.6) is 0 Å². The molecule has 0 spiro atoms. The summed E-state index contributed by atoms with van der Waals surface area (Å²) >= 11 is 0. The molecule has 0 heterocycles. The van der Waals surface area contributed by atoms with Crippen LogP contribution in [0.25, 0.3) is 0 Å². The predicted octanol–water partition coefficient (Wildman–Crippen LogP) is -0.448. The van der Waals surface area contributed by atoms with Crippen LogP contribution in [0.2, 0.25) is 0 Å². The van der Waals surface area contributed by atoms with Gasteiger partial charge in [0.2, 0.25) is 0 Å². The standard InChI is InChI=1S/C5H10O3Si/c6-9(7,8)5-3-1-2-4-5/h3,6-8H,1-2,4H2. The summed E-state index contributed by atoms with van der Waals surface area (Å²) in [5.41, 5.74) is 0. The smallest absolute Gasteiger partial charge is 0.387 e. The van der Waals surface area contributed by atoms with E-state index in [1.54, 1.807) is 6.08 Å². The summed E-state index contributed by atoms with van der Waals surface area (Å²) in [6.45, 7) is 0. The van der Waals surface area contributed by atoms with Crippen LogP contribution in [-0.4, -0.2) is 23.2 Å². The maximum Gasteiger partial charge on any atom is 0.524 e. The lowest BCUT2D eigenvalue weighted by Crippen LogP contribution is -2.37. The molecular weight excluding hydrogens is 136 g/mol. The summed E-state index contributed by atoms with van der Waals surface area (Å²) in [4.78, 5) is 26.1. The monoisotopic (exact) mass is 146 g/mol. The van der Waals surface area contributed by atoms with Gasteiger partial charge in [0.25, 0.3) is 0 Å². The van der Waals surface area contributed by atoms with Gasteiger partial charge >= 0.3 is 8.80 Å². The summed E-state index contributed by atoms with van der Waals surface area (Å²) < 4.78 is 0. The Morgan fingerprint density at radius 1 is 1.33 bits per heavy atom. The molecule has 4 heteroatoms. The number of rotatable bonds is 1. The Bertz CT molecular complexity index is 136. The van der Waals surface area contributed by atoms with Gasteiger partial charge in [0.05, 0.1) is 0 Å². The van der Waals surface area contributed by atoms with Gasteiger partial charge in [-0.2, -0.15) is 0 Å². The van der Waals surface area contributed by atoms with E-state index in [4.69, 9.17) is 14.4 Å². The molecule has 0 aromatic heterocycles. The van der Waals surface area contributed by atoms with Gasteiger partial charge in [0, 0.05) is 0 Å². The van der Waals surface area contributed by atoms with Crippen LogP contribution in [0.4, 0.5) is 0 Å². The molecule has 3 N–H and O–H groups in total. The van der Waals surface area contributed by atoms with E-state index < -0.39 is 8.80 Å². The highest BCUT2D eigenvalue weighted by Crippen LogP contribution is 2.21. The zero-order chi connectivity index (χ0) is 6.91. The maximum atomic E-state index is 8.70. The van der Waals surface area contributed by atoms with Crippen molar-refractivity contribution >= 4 is 8.80 Å². The molecule has 0 aromatic carbocycles. The Morgan fingerprint density at radius 2 is 2.00 bits per heavy atom. The van der Waals surface area contributed by atoms with E-state index in [0.717, 1.165) is 12.8 Å². The second kappa shape index (κ2) is 2.22. The van der Waals surface area contributed by atoms with Gasteiger partial charge in [-0.15, -0.1) is 0 Å². The quantitative estimate of drug-likeness (QED) is 0.439. The molecule has 0 amide bonds. The summed E-state index contributed by atoms with van der Waals surface area (Å²) in [6.07, 6.45) is 4.17. The van der Waals surface area contributed by atoms with Crippen LogP contribution in [0, 0.1) is 0 Å². The molecule has 0 aromatic rings. The van der Waals surface area contributed by atoms with Crippen LogP contribution in [0.3, 0.4) is 0 Å². The lowest BCUT2D eigenvalue weighted by atomic mass is 10.4. The minimum absolute atomic E-state index is 0.461. The van der Waals surface area contributed by atoms with Crippen molar-refractivity contribution < 1.29 is 14.4 Å². The number of hydrogen-bond acceptors (Lipinski definition) is 3. The number of hydrogen-bond donors (Lipinski definition) is 3. The van der Waals surface area contributed by atoms with Crippen LogP contribution in [-0.2, 0) is 0 Å². The van der Waals surface area contributed by atoms with Crippen LogP contribution in [0.1, 0.15) is 19.3 Å². The average molecular weight is 146 g/mol. The van der Waals surface area contributed by atoms with Gasteiger partial charge in [-0.05, 0) is 24.5 Å². The highest BCUT2D eigenvalue weighted by atomic mass is 28.4. The summed E-state index contributed by atoms with van der Waals surface area (Å²) in [7, 11) is -3.86. The van der Waals surface area contributed by atoms with Gasteiger partial charge in [-0.25, -0.2) is 0 Å². The molecule has 3 nitrogen and oxygen atoms in total. The normalized spacial score (nSPS) is 20.1. The van der Waals surface area contributed by atoms with Gasteiger partial charge in [-0.3, -0.25) is 0 Å². The summed E-state index contributed by atoms with van der Waals surface area (Å²) in [5, 5.41) is 0.461. The lowest BCUT2D eigenvalue weighted by molar-refractivity contribution is 0.241. The first-order chi connectivity index (χ1) is 4.11. The Hall–Kier alpha value is -0.163. The van der Waals surface area contributed by atoms with E-state index >= 15 is 0 Å². The van der Waals surface area contributed by atoms with E-state index in [-0.39, 0.29) is 0 Å². The largest absolute Gasteiger partial charge is 0.524 e. The van der Waals surface area contributed by atoms with E-state index in [1.165, 1.54) is 0 Å². The highest BCUT2D eigenvalue weighted by Gasteiger charge is 2.33. The zero-order valence-electron chi connectivity index (χ0n) is 5.04. The third-order valence-electron chi connectivity index (χ3n) is 1.47. The van der Waals surface area contributed by atoms with E-state index in [9.17, 15) is 0 Å². The first kappa shape index (κ1) is 6.95. The maximum absolute atomic E-state index is 8.70. The van der Waals surface area contributed by atoms with E-state index in [1.807, 2.05) is 0 Å². The van der Waals surface area contributed by atoms with Crippen molar-refractivity contribution in [3.8, 4) is 0 Å². The Balaban J connectivity index is 2.61. The molecule has 0 radical (unpaired) electrons. The van der Waals surface area contributed by atoms with Gasteiger partial charge in [-0.1, -0.05) is 6.08 Å². The molecule has 0 fully saturated rings. The zero-order valence-corrected chi connectivity index (χ0v) is 6.04. The molecule has 0 aliphatic heterocycles. The van der Waals surface area contributed by atoms with Crippen LogP contribution < -0.4 is 0 Å². The SMILES string of the molecule is O[Si](O)(O)C1=CCCC1. The van der Waals surface area contributed by atoms with Crippen molar-refractivity contribution in [3.63, 3.8) is 0 Å². The molecule has 0 atom stereocenters. The molecule has 9 heavy (non-hydrogen) atoms. The van der Waals surface area contributed by atoms with Crippen molar-refractivity contribution in [3.05, 3.63) is 11.3 Å². The molecule has 1 aliphatic rings. The second-order valence-electron chi connectivity index (χ2n) is 2.26. The third kappa shape index (κ3) is 1.62. The fourth-order valence-corrected chi connectivity index (χ4v) is 1.91. The van der Waals surface area contributed by atoms with Gasteiger partial charge < -0.3 is 14.4 Å². The lowest BCUT2D eigenvalue weighted by Gasteiger charge is -2.08. The van der Waals surface area contributed by atoms with Crippen LogP contribution >= 0.6 is 0 Å². The summed E-state index contributed by atoms with van der Waals surface area (Å²) in [5.74, 6) is 0. The van der Waals surface area contributed by atoms with E-state index in [0.29, 0.717) is 11.6 Å². The average Bonchev–Trinajstić information content (AvgIpc) is 2.08. The van der Waals surface area contributed by atoms with Crippen LogP contribution in [0.15, 0.2) is 11.3 Å². The van der Waals surface area contributed by atoms with Crippen molar-refractivity contribution in [2.75, 3.05) is 0 Å². The van der Waals surface area contributed by atoms with Crippen molar-refractivity contribution in [1.29, 1.82) is 0 Å². The van der Waals surface area contributed by atoms with Crippen molar-refractivity contribution in [2.24, 2.45) is 0 Å². The molecule has 52 valence electrons. The summed E-state index contributed by atoms with van der Waals surface area (Å²) in [6, 6.07) is 0. The molecule has 0 saturated carbocycles. The Kier molecular flexibility index (Phi) is 1.72. The Morgan fingerprint density at radius 3 is 2.22 bits per heavy atom. The molecule has 0 saturated heterocycles. The molecule has 0 bridgehead atoms. The van der Waals surface area contributed by atoms with Crippen molar-refractivity contribution in [2.45, 2.75) is 19.3 Å². The minimum Gasteiger partial charge on any atom is -0.387 e. The first-order valence-corrected chi connectivity index (χ1v) is 4.81. The molecule has 0 unspecified atom stereocenters. The molecule has 1 aliphatic carbocycles. The van der Waals surface area contributed by atoms with E-state index in [2.05, 4.69) is 0 Å². The van der Waals surface area contributed by atoms with Gasteiger partial charge in [0.1, 0.15) is 0 Å². The highest BCUT2D eigenvalue weighted by molar-refractivity contribution is 6.64. The Labute approximate surface area is 54.6 Å².